The Morgan fingerprint density at radius 2 is 1.65 bits per heavy atom. The number of benzene rings is 1. The molecular weight excluding hydrogens is 352 g/mol. The van der Waals surface area contributed by atoms with Crippen LogP contribution in [0.1, 0.15) is 47.0 Å². The van der Waals surface area contributed by atoms with Crippen molar-refractivity contribution < 1.29 is 9.22 Å². The van der Waals surface area contributed by atoms with Gasteiger partial charge in [0.2, 0.25) is 8.32 Å². The van der Waals surface area contributed by atoms with Crippen LogP contribution in [0.4, 0.5) is 0 Å². The summed E-state index contributed by atoms with van der Waals surface area (Å²) in [7, 11) is -3.52. The van der Waals surface area contributed by atoms with Gasteiger partial charge in [0.25, 0.3) is 0 Å². The molecule has 0 aromatic heterocycles. The lowest BCUT2D eigenvalue weighted by Crippen LogP contribution is -2.42. The molecule has 0 heterocycles. The van der Waals surface area contributed by atoms with Crippen molar-refractivity contribution in [3.05, 3.63) is 42.2 Å². The van der Waals surface area contributed by atoms with E-state index < -0.39 is 16.4 Å². The van der Waals surface area contributed by atoms with E-state index in [0.29, 0.717) is 12.8 Å². The molecule has 0 bridgehead atoms. The number of carbonyl (C=O) groups excluding carboxylic acids is 1. The van der Waals surface area contributed by atoms with Crippen LogP contribution in [0.2, 0.25) is 37.3 Å². The third-order valence-corrected chi connectivity index (χ3v) is 13.0. The predicted octanol–water partition coefficient (Wildman–Crippen LogP) is 6.27. The number of allylic oxidation sites excluding steroid dienone is 2. The molecule has 0 spiro atoms. The van der Waals surface area contributed by atoms with Crippen LogP contribution in [0.15, 0.2) is 42.2 Å². The fourth-order valence-electron chi connectivity index (χ4n) is 2.57. The summed E-state index contributed by atoms with van der Waals surface area (Å²) in [6.07, 6.45) is 4.21. The van der Waals surface area contributed by atoms with Crippen LogP contribution in [0.5, 0.6) is 0 Å². The Hall–Kier alpha value is -1.14. The van der Waals surface area contributed by atoms with Crippen molar-refractivity contribution in [1.82, 2.24) is 0 Å². The van der Waals surface area contributed by atoms with Gasteiger partial charge in [0.05, 0.1) is 20.3 Å². The Labute approximate surface area is 163 Å². The number of hydrogen-bond acceptors (Lipinski definition) is 2. The first kappa shape index (κ1) is 22.9. The van der Waals surface area contributed by atoms with Gasteiger partial charge in [-0.15, -0.1) is 0 Å². The summed E-state index contributed by atoms with van der Waals surface area (Å²) in [5.74, 6) is 1.20. The van der Waals surface area contributed by atoms with Crippen molar-refractivity contribution in [2.45, 2.75) is 84.2 Å². The zero-order valence-corrected chi connectivity index (χ0v) is 20.1. The summed E-state index contributed by atoms with van der Waals surface area (Å²) in [6.45, 7) is 18.1. The van der Waals surface area contributed by atoms with E-state index in [2.05, 4.69) is 90.3 Å². The molecule has 2 nitrogen and oxygen atoms in total. The van der Waals surface area contributed by atoms with Crippen molar-refractivity contribution in [3.63, 3.8) is 0 Å². The zero-order valence-electron chi connectivity index (χ0n) is 18.1. The molecule has 0 aliphatic carbocycles. The molecular formula is C22H38O2Si2. The molecule has 0 fully saturated rings. The molecule has 1 aromatic rings. The summed E-state index contributed by atoms with van der Waals surface area (Å²) in [4.78, 5) is 12.3. The van der Waals surface area contributed by atoms with E-state index >= 15 is 0 Å². The minimum atomic E-state index is -1.94. The first-order valence-corrected chi connectivity index (χ1v) is 16.0. The van der Waals surface area contributed by atoms with Gasteiger partial charge in [-0.25, -0.2) is 0 Å². The van der Waals surface area contributed by atoms with Gasteiger partial charge in [-0.3, -0.25) is 4.79 Å². The lowest BCUT2D eigenvalue weighted by atomic mass is 10.1. The zero-order chi connectivity index (χ0) is 20.0. The highest BCUT2D eigenvalue weighted by molar-refractivity contribution is 6.90. The summed E-state index contributed by atoms with van der Waals surface area (Å²) in [6, 6.07) is 11.8. The number of ketones is 1. The molecule has 0 amide bonds. The number of rotatable bonds is 9. The van der Waals surface area contributed by atoms with E-state index in [4.69, 9.17) is 4.43 Å². The first-order valence-electron chi connectivity index (χ1n) is 9.84. The molecule has 0 aliphatic rings. The minimum absolute atomic E-state index is 0.131. The van der Waals surface area contributed by atoms with Crippen LogP contribution in [0.25, 0.3) is 0 Å². The van der Waals surface area contributed by atoms with Crippen molar-refractivity contribution in [2.75, 3.05) is 0 Å². The van der Waals surface area contributed by atoms with Crippen LogP contribution in [0, 0.1) is 0 Å². The second kappa shape index (κ2) is 9.18. The first-order chi connectivity index (χ1) is 11.9. The lowest BCUT2D eigenvalue weighted by Gasteiger charge is -2.37. The number of Topliss-reactive ketones (excluding diaryl/α,β-unsaturated/α-hetero) is 1. The van der Waals surface area contributed by atoms with Crippen LogP contribution < -0.4 is 5.19 Å². The molecule has 0 N–H and O–H groups in total. The Morgan fingerprint density at radius 3 is 2.15 bits per heavy atom. The molecule has 26 heavy (non-hydrogen) atoms. The average Bonchev–Trinajstić information content (AvgIpc) is 2.52. The fraction of sp³-hybridized carbons (Fsp3) is 0.591. The second-order valence-electron chi connectivity index (χ2n) is 9.45. The van der Waals surface area contributed by atoms with Gasteiger partial charge in [0.1, 0.15) is 5.78 Å². The van der Waals surface area contributed by atoms with E-state index in [1.165, 1.54) is 5.19 Å². The van der Waals surface area contributed by atoms with Crippen molar-refractivity contribution in [2.24, 2.45) is 0 Å². The van der Waals surface area contributed by atoms with E-state index in [1.54, 1.807) is 0 Å². The SMILES string of the molecule is CCCC(=O)C/C(=C\C[Si](C)(C)c1ccccc1)O[Si](C)(C)C(C)(C)C. The summed E-state index contributed by atoms with van der Waals surface area (Å²) >= 11 is 0. The Balaban J connectivity index is 3.03. The smallest absolute Gasteiger partial charge is 0.250 e. The average molecular weight is 391 g/mol. The maximum atomic E-state index is 12.3. The third kappa shape index (κ3) is 6.88. The van der Waals surface area contributed by atoms with Crippen LogP contribution in [-0.2, 0) is 9.22 Å². The van der Waals surface area contributed by atoms with Gasteiger partial charge in [-0.2, -0.15) is 0 Å². The number of carbonyl (C=O) groups is 1. The topological polar surface area (TPSA) is 26.3 Å². The van der Waals surface area contributed by atoms with Gasteiger partial charge >= 0.3 is 0 Å². The highest BCUT2D eigenvalue weighted by atomic mass is 28.4. The normalized spacial score (nSPS) is 13.6. The van der Waals surface area contributed by atoms with E-state index in [1.807, 2.05) is 0 Å². The summed E-state index contributed by atoms with van der Waals surface area (Å²) in [5.41, 5.74) is 0. The van der Waals surface area contributed by atoms with Crippen molar-refractivity contribution >= 4 is 27.4 Å². The molecule has 1 rings (SSSR count). The third-order valence-electron chi connectivity index (χ3n) is 5.49. The summed E-state index contributed by atoms with van der Waals surface area (Å²) in [5, 5.41) is 1.58. The molecule has 0 saturated heterocycles. The maximum absolute atomic E-state index is 12.3. The summed E-state index contributed by atoms with van der Waals surface area (Å²) < 4.78 is 6.55. The maximum Gasteiger partial charge on any atom is 0.250 e. The second-order valence-corrected chi connectivity index (χ2v) is 18.9. The van der Waals surface area contributed by atoms with Crippen molar-refractivity contribution in [3.8, 4) is 0 Å². The Morgan fingerprint density at radius 1 is 1.08 bits per heavy atom. The van der Waals surface area contributed by atoms with E-state index in [-0.39, 0.29) is 10.8 Å². The highest BCUT2D eigenvalue weighted by Crippen LogP contribution is 2.38. The van der Waals surface area contributed by atoms with Crippen molar-refractivity contribution in [1.29, 1.82) is 0 Å². The Kier molecular flexibility index (Phi) is 8.09. The van der Waals surface area contributed by atoms with Gasteiger partial charge in [-0.05, 0) is 30.6 Å². The molecule has 1 aromatic carbocycles. The van der Waals surface area contributed by atoms with Crippen LogP contribution in [0.3, 0.4) is 0 Å². The monoisotopic (exact) mass is 390 g/mol. The predicted molar refractivity (Wildman–Crippen MR) is 119 cm³/mol. The van der Waals surface area contributed by atoms with E-state index in [0.717, 1.165) is 18.2 Å². The molecule has 0 aliphatic heterocycles. The number of hydrogen-bond donors (Lipinski definition) is 0. The van der Waals surface area contributed by atoms with Gasteiger partial charge in [-0.1, -0.05) is 82.4 Å². The highest BCUT2D eigenvalue weighted by Gasteiger charge is 2.39. The molecule has 4 heteroatoms. The van der Waals surface area contributed by atoms with Crippen LogP contribution >= 0.6 is 0 Å². The largest absolute Gasteiger partial charge is 0.546 e. The minimum Gasteiger partial charge on any atom is -0.546 e. The molecule has 0 radical (unpaired) electrons. The molecule has 0 unspecified atom stereocenters. The molecule has 146 valence electrons. The van der Waals surface area contributed by atoms with Crippen LogP contribution in [-0.4, -0.2) is 22.2 Å². The Bertz CT molecular complexity index is 611. The standard InChI is InChI=1S/C22H38O2Si2/c1-9-13-19(23)18-20(24-26(7,8)22(2,3)4)16-17-25(5,6)21-14-11-10-12-15-21/h10-12,14-16H,9,13,17-18H2,1-8H3/b20-16+. The van der Waals surface area contributed by atoms with Gasteiger partial charge < -0.3 is 4.43 Å². The molecule has 0 saturated carbocycles. The lowest BCUT2D eigenvalue weighted by molar-refractivity contribution is -0.118. The van der Waals surface area contributed by atoms with Gasteiger partial charge in [0.15, 0.2) is 0 Å². The van der Waals surface area contributed by atoms with E-state index in [9.17, 15) is 4.79 Å². The van der Waals surface area contributed by atoms with Gasteiger partial charge in [0, 0.05) is 6.42 Å². The fourth-order valence-corrected chi connectivity index (χ4v) is 5.75. The quantitative estimate of drug-likeness (QED) is 0.367. The molecule has 0 atom stereocenters.